The fourth-order valence-corrected chi connectivity index (χ4v) is 4.17. The lowest BCUT2D eigenvalue weighted by atomic mass is 10.00. The minimum atomic E-state index is -0.830. The minimum absolute atomic E-state index is 0.0717. The predicted molar refractivity (Wildman–Crippen MR) is 104 cm³/mol. The molecule has 1 fully saturated rings. The number of anilines is 2. The molecule has 1 N–H and O–H groups in total. The first-order valence-corrected chi connectivity index (χ1v) is 9.20. The molecule has 140 valence electrons. The number of imide groups is 2. The lowest BCUT2D eigenvalue weighted by Crippen LogP contribution is -2.33. The number of aromatic hydroxyl groups is 1. The quantitative estimate of drug-likeness (QED) is 0.787. The lowest BCUT2D eigenvalue weighted by molar-refractivity contribution is -0.125. The maximum atomic E-state index is 12.8. The van der Waals surface area contributed by atoms with E-state index in [4.69, 9.17) is 0 Å². The van der Waals surface area contributed by atoms with Crippen molar-refractivity contribution in [3.63, 3.8) is 0 Å². The maximum Gasteiger partial charge on any atom is 0.298 e. The van der Waals surface area contributed by atoms with E-state index in [9.17, 15) is 24.3 Å². The Balaban J connectivity index is 1.72. The first kappa shape index (κ1) is 18.0. The molecule has 0 radical (unpaired) electrons. The van der Waals surface area contributed by atoms with Crippen LogP contribution in [0, 0.1) is 0 Å². The smallest absolute Gasteiger partial charge is 0.298 e. The third kappa shape index (κ3) is 2.78. The Hall–Kier alpha value is -3.39. The van der Waals surface area contributed by atoms with Crippen molar-refractivity contribution in [1.29, 1.82) is 0 Å². The van der Waals surface area contributed by atoms with Gasteiger partial charge in [0.2, 0.25) is 11.8 Å². The molecule has 0 unspecified atom stereocenters. The van der Waals surface area contributed by atoms with Gasteiger partial charge in [0.1, 0.15) is 5.75 Å². The molecule has 1 atom stereocenters. The van der Waals surface area contributed by atoms with Crippen molar-refractivity contribution in [3.05, 3.63) is 65.1 Å². The standard InChI is InChI=1S/C20H14N2O5S/c1-11(23)21-16-8-3-2-7-14(16)15(18(21)25)10-17-19(26)22(20(27)28-17)12-5-4-6-13(24)9-12/h2-10,15,24H,1H3/b17-10-/t15-/m1/s1. The molecule has 2 heterocycles. The van der Waals surface area contributed by atoms with Crippen LogP contribution in [0.25, 0.3) is 0 Å². The van der Waals surface area contributed by atoms with E-state index < -0.39 is 28.9 Å². The monoisotopic (exact) mass is 394 g/mol. The number of phenolic OH excluding ortho intramolecular Hbond substituents is 1. The van der Waals surface area contributed by atoms with E-state index in [1.165, 1.54) is 37.3 Å². The minimum Gasteiger partial charge on any atom is -0.508 e. The van der Waals surface area contributed by atoms with Gasteiger partial charge in [-0.05, 0) is 41.6 Å². The number of carbonyl (C=O) groups excluding carboxylic acids is 4. The Kier molecular flexibility index (Phi) is 4.27. The fraction of sp³-hybridized carbons (Fsp3) is 0.100. The summed E-state index contributed by atoms with van der Waals surface area (Å²) in [7, 11) is 0. The van der Waals surface area contributed by atoms with Crippen molar-refractivity contribution in [2.24, 2.45) is 0 Å². The normalized spacial score (nSPS) is 20.2. The average Bonchev–Trinajstić information content (AvgIpc) is 3.09. The van der Waals surface area contributed by atoms with Crippen molar-refractivity contribution < 1.29 is 24.3 Å². The second-order valence-electron chi connectivity index (χ2n) is 6.29. The summed E-state index contributed by atoms with van der Waals surface area (Å²) in [6.07, 6.45) is 1.43. The van der Waals surface area contributed by atoms with Gasteiger partial charge in [-0.1, -0.05) is 24.3 Å². The summed E-state index contributed by atoms with van der Waals surface area (Å²) >= 11 is 0.717. The summed E-state index contributed by atoms with van der Waals surface area (Å²) in [5.74, 6) is -2.35. The topological polar surface area (TPSA) is 95.0 Å². The third-order valence-electron chi connectivity index (χ3n) is 4.51. The molecule has 7 nitrogen and oxygen atoms in total. The van der Waals surface area contributed by atoms with Gasteiger partial charge in [-0.15, -0.1) is 0 Å². The van der Waals surface area contributed by atoms with Crippen molar-refractivity contribution in [2.75, 3.05) is 9.80 Å². The Morgan fingerprint density at radius 3 is 2.57 bits per heavy atom. The van der Waals surface area contributed by atoms with Gasteiger partial charge in [0.05, 0.1) is 22.2 Å². The van der Waals surface area contributed by atoms with Gasteiger partial charge in [-0.2, -0.15) is 0 Å². The molecule has 2 aromatic rings. The number of carbonyl (C=O) groups is 4. The van der Waals surface area contributed by atoms with Crippen LogP contribution in [-0.4, -0.2) is 28.1 Å². The largest absolute Gasteiger partial charge is 0.508 e. The zero-order valence-corrected chi connectivity index (χ0v) is 15.5. The highest BCUT2D eigenvalue weighted by Gasteiger charge is 2.42. The van der Waals surface area contributed by atoms with Crippen molar-refractivity contribution in [3.8, 4) is 5.75 Å². The molecule has 0 saturated carbocycles. The highest BCUT2D eigenvalue weighted by atomic mass is 32.2. The molecule has 0 aliphatic carbocycles. The fourth-order valence-electron chi connectivity index (χ4n) is 3.32. The number of hydrogen-bond donors (Lipinski definition) is 1. The van der Waals surface area contributed by atoms with Crippen LogP contribution in [0.15, 0.2) is 59.5 Å². The molecule has 1 saturated heterocycles. The Labute approximate surface area is 164 Å². The summed E-state index contributed by atoms with van der Waals surface area (Å²) in [5, 5.41) is 9.09. The molecule has 4 rings (SSSR count). The molecule has 2 aliphatic heterocycles. The summed E-state index contributed by atoms with van der Waals surface area (Å²) in [6.45, 7) is 1.30. The van der Waals surface area contributed by atoms with E-state index in [0.717, 1.165) is 9.80 Å². The SMILES string of the molecule is CC(=O)N1C(=O)[C@H](/C=C2\SC(=O)N(c3cccc(O)c3)C2=O)c2ccccc21. The van der Waals surface area contributed by atoms with Gasteiger partial charge in [0, 0.05) is 13.0 Å². The van der Waals surface area contributed by atoms with E-state index >= 15 is 0 Å². The van der Waals surface area contributed by atoms with Gasteiger partial charge < -0.3 is 5.11 Å². The number of fused-ring (bicyclic) bond motifs is 1. The molecular weight excluding hydrogens is 380 g/mol. The summed E-state index contributed by atoms with van der Waals surface area (Å²) < 4.78 is 0. The van der Waals surface area contributed by atoms with Crippen LogP contribution in [0.3, 0.4) is 0 Å². The maximum absolute atomic E-state index is 12.8. The molecule has 2 aliphatic rings. The number of rotatable bonds is 2. The van der Waals surface area contributed by atoms with Gasteiger partial charge in [0.25, 0.3) is 11.1 Å². The summed E-state index contributed by atoms with van der Waals surface area (Å²) in [4.78, 5) is 52.0. The van der Waals surface area contributed by atoms with Crippen LogP contribution in [0.5, 0.6) is 5.75 Å². The molecule has 0 spiro atoms. The van der Waals surface area contributed by atoms with Crippen LogP contribution < -0.4 is 9.80 Å². The number of thioether (sulfide) groups is 1. The van der Waals surface area contributed by atoms with E-state index in [-0.39, 0.29) is 16.3 Å². The van der Waals surface area contributed by atoms with E-state index in [2.05, 4.69) is 0 Å². The third-order valence-corrected chi connectivity index (χ3v) is 5.40. The Morgan fingerprint density at radius 2 is 1.86 bits per heavy atom. The lowest BCUT2D eigenvalue weighted by Gasteiger charge is -2.13. The van der Waals surface area contributed by atoms with Gasteiger partial charge in [-0.25, -0.2) is 9.80 Å². The summed E-state index contributed by atoms with van der Waals surface area (Å²) in [6, 6.07) is 12.7. The van der Waals surface area contributed by atoms with Crippen molar-refractivity contribution in [1.82, 2.24) is 0 Å². The van der Waals surface area contributed by atoms with Crippen molar-refractivity contribution >= 4 is 46.1 Å². The first-order valence-electron chi connectivity index (χ1n) is 8.39. The van der Waals surface area contributed by atoms with E-state index in [0.29, 0.717) is 23.0 Å². The molecule has 0 aromatic heterocycles. The molecule has 8 heteroatoms. The number of phenols is 1. The van der Waals surface area contributed by atoms with Crippen LogP contribution in [0.1, 0.15) is 18.4 Å². The number of para-hydroxylation sites is 1. The number of hydrogen-bond acceptors (Lipinski definition) is 6. The summed E-state index contributed by atoms with van der Waals surface area (Å²) in [5.41, 5.74) is 1.33. The van der Waals surface area contributed by atoms with E-state index in [1.807, 2.05) is 0 Å². The van der Waals surface area contributed by atoms with Crippen molar-refractivity contribution in [2.45, 2.75) is 12.8 Å². The van der Waals surface area contributed by atoms with Gasteiger partial charge in [-0.3, -0.25) is 19.2 Å². The molecular formula is C20H14N2O5S. The second kappa shape index (κ2) is 6.65. The highest BCUT2D eigenvalue weighted by molar-refractivity contribution is 8.18. The van der Waals surface area contributed by atoms with Gasteiger partial charge >= 0.3 is 0 Å². The molecule has 2 aromatic carbocycles. The molecule has 28 heavy (non-hydrogen) atoms. The Bertz CT molecular complexity index is 1080. The second-order valence-corrected chi connectivity index (χ2v) is 7.28. The number of nitrogens with zero attached hydrogens (tertiary/aromatic N) is 2. The predicted octanol–water partition coefficient (Wildman–Crippen LogP) is 3.15. The van der Waals surface area contributed by atoms with Crippen LogP contribution in [0.4, 0.5) is 16.2 Å². The van der Waals surface area contributed by atoms with Gasteiger partial charge in [0.15, 0.2) is 0 Å². The van der Waals surface area contributed by atoms with Crippen LogP contribution in [-0.2, 0) is 14.4 Å². The number of amides is 4. The molecule has 4 amide bonds. The van der Waals surface area contributed by atoms with E-state index in [1.54, 1.807) is 24.3 Å². The Morgan fingerprint density at radius 1 is 1.11 bits per heavy atom. The average molecular weight is 394 g/mol. The zero-order valence-electron chi connectivity index (χ0n) is 14.7. The number of benzene rings is 2. The highest BCUT2D eigenvalue weighted by Crippen LogP contribution is 2.42. The first-order chi connectivity index (χ1) is 13.4. The molecule has 0 bridgehead atoms. The van der Waals surface area contributed by atoms with Crippen LogP contribution in [0.2, 0.25) is 0 Å². The zero-order chi connectivity index (χ0) is 20.0. The van der Waals surface area contributed by atoms with Crippen LogP contribution >= 0.6 is 11.8 Å².